The molecule has 0 spiro atoms. The Kier molecular flexibility index (Phi) is 5.06. The summed E-state index contributed by atoms with van der Waals surface area (Å²) in [6.07, 6.45) is 2.78. The number of carbonyl (C=O) groups is 1. The Morgan fingerprint density at radius 1 is 1.04 bits per heavy atom. The van der Waals surface area contributed by atoms with Crippen LogP contribution >= 0.6 is 11.6 Å². The van der Waals surface area contributed by atoms with E-state index in [2.05, 4.69) is 10.3 Å². The maximum Gasteiger partial charge on any atom is 0.257 e. The second-order valence-electron chi connectivity index (χ2n) is 5.66. The van der Waals surface area contributed by atoms with E-state index in [-0.39, 0.29) is 15.5 Å². The van der Waals surface area contributed by atoms with Crippen LogP contribution in [0.1, 0.15) is 10.4 Å². The molecule has 7 heteroatoms. The SMILES string of the molecule is CS(=O)(=O)c1ccc(C(=O)Nc2cccc(-c3ccccn3)c2)c(Cl)c1. The van der Waals surface area contributed by atoms with Gasteiger partial charge in [0.1, 0.15) is 0 Å². The molecule has 0 fully saturated rings. The Labute approximate surface area is 156 Å². The van der Waals surface area contributed by atoms with E-state index in [4.69, 9.17) is 11.6 Å². The minimum absolute atomic E-state index is 0.0659. The van der Waals surface area contributed by atoms with E-state index in [0.29, 0.717) is 5.69 Å². The number of aromatic nitrogens is 1. The van der Waals surface area contributed by atoms with Gasteiger partial charge in [-0.15, -0.1) is 0 Å². The summed E-state index contributed by atoms with van der Waals surface area (Å²) in [6.45, 7) is 0. The summed E-state index contributed by atoms with van der Waals surface area (Å²) in [7, 11) is -3.39. The number of pyridine rings is 1. The highest BCUT2D eigenvalue weighted by Crippen LogP contribution is 2.24. The largest absolute Gasteiger partial charge is 0.322 e. The van der Waals surface area contributed by atoms with Crippen molar-refractivity contribution in [2.24, 2.45) is 0 Å². The lowest BCUT2D eigenvalue weighted by atomic mass is 10.1. The molecule has 0 saturated carbocycles. The first-order chi connectivity index (χ1) is 12.3. The molecule has 0 atom stereocenters. The fraction of sp³-hybridized carbons (Fsp3) is 0.0526. The highest BCUT2D eigenvalue weighted by Gasteiger charge is 2.15. The molecule has 0 bridgehead atoms. The summed E-state index contributed by atoms with van der Waals surface area (Å²) < 4.78 is 23.1. The molecule has 0 aliphatic carbocycles. The van der Waals surface area contributed by atoms with Gasteiger partial charge in [0.25, 0.3) is 5.91 Å². The molecular formula is C19H15ClN2O3S. The zero-order chi connectivity index (χ0) is 18.7. The van der Waals surface area contributed by atoms with E-state index in [1.54, 1.807) is 18.3 Å². The van der Waals surface area contributed by atoms with Gasteiger partial charge in [-0.1, -0.05) is 29.8 Å². The van der Waals surface area contributed by atoms with Crippen LogP contribution in [0.25, 0.3) is 11.3 Å². The molecule has 3 aromatic rings. The summed E-state index contributed by atoms with van der Waals surface area (Å²) in [5.74, 6) is -0.423. The zero-order valence-corrected chi connectivity index (χ0v) is 15.4. The van der Waals surface area contributed by atoms with Crippen molar-refractivity contribution >= 4 is 33.0 Å². The third kappa shape index (κ3) is 4.09. The van der Waals surface area contributed by atoms with Gasteiger partial charge >= 0.3 is 0 Å². The van der Waals surface area contributed by atoms with Crippen molar-refractivity contribution in [3.8, 4) is 11.3 Å². The van der Waals surface area contributed by atoms with Crippen molar-refractivity contribution in [3.05, 3.63) is 77.4 Å². The Morgan fingerprint density at radius 2 is 1.85 bits per heavy atom. The number of amides is 1. The molecule has 2 aromatic carbocycles. The standard InChI is InChI=1S/C19H15ClN2O3S/c1-26(24,25)15-8-9-16(17(20)12-15)19(23)22-14-6-4-5-13(11-14)18-7-2-3-10-21-18/h2-12H,1H3,(H,22,23). The minimum Gasteiger partial charge on any atom is -0.322 e. The topological polar surface area (TPSA) is 76.1 Å². The quantitative estimate of drug-likeness (QED) is 0.733. The van der Waals surface area contributed by atoms with Gasteiger partial charge < -0.3 is 5.32 Å². The molecule has 3 rings (SSSR count). The molecule has 5 nitrogen and oxygen atoms in total. The number of carbonyl (C=O) groups excluding carboxylic acids is 1. The van der Waals surface area contributed by atoms with Gasteiger partial charge in [0.2, 0.25) is 0 Å². The number of benzene rings is 2. The second kappa shape index (κ2) is 7.27. The van der Waals surface area contributed by atoms with Crippen molar-refractivity contribution in [3.63, 3.8) is 0 Å². The Balaban J connectivity index is 1.85. The van der Waals surface area contributed by atoms with E-state index < -0.39 is 15.7 Å². The number of halogens is 1. The fourth-order valence-corrected chi connectivity index (χ4v) is 3.38. The summed E-state index contributed by atoms with van der Waals surface area (Å²) in [6, 6.07) is 16.9. The van der Waals surface area contributed by atoms with Gasteiger partial charge in [-0.25, -0.2) is 8.42 Å². The van der Waals surface area contributed by atoms with Gasteiger partial charge in [0, 0.05) is 23.7 Å². The van der Waals surface area contributed by atoms with Gasteiger partial charge in [-0.3, -0.25) is 9.78 Å². The summed E-state index contributed by atoms with van der Waals surface area (Å²) in [4.78, 5) is 16.8. The zero-order valence-electron chi connectivity index (χ0n) is 13.8. The molecule has 0 saturated heterocycles. The number of hydrogen-bond acceptors (Lipinski definition) is 4. The van der Waals surface area contributed by atoms with E-state index in [9.17, 15) is 13.2 Å². The minimum atomic E-state index is -3.39. The normalized spacial score (nSPS) is 11.2. The summed E-state index contributed by atoms with van der Waals surface area (Å²) in [5, 5.41) is 2.84. The van der Waals surface area contributed by atoms with E-state index >= 15 is 0 Å². The first-order valence-corrected chi connectivity index (χ1v) is 9.94. The predicted octanol–water partition coefficient (Wildman–Crippen LogP) is 4.06. The molecule has 132 valence electrons. The van der Waals surface area contributed by atoms with Crippen LogP contribution in [0.2, 0.25) is 5.02 Å². The molecule has 26 heavy (non-hydrogen) atoms. The smallest absolute Gasteiger partial charge is 0.257 e. The number of nitrogens with zero attached hydrogens (tertiary/aromatic N) is 1. The predicted molar refractivity (Wildman–Crippen MR) is 102 cm³/mol. The van der Waals surface area contributed by atoms with Crippen molar-refractivity contribution in [1.82, 2.24) is 4.98 Å². The van der Waals surface area contributed by atoms with Crippen LogP contribution in [-0.2, 0) is 9.84 Å². The number of sulfone groups is 1. The average Bonchev–Trinajstić information content (AvgIpc) is 2.61. The molecule has 1 aromatic heterocycles. The molecule has 1 N–H and O–H groups in total. The van der Waals surface area contributed by atoms with Crippen molar-refractivity contribution in [2.75, 3.05) is 11.6 Å². The molecular weight excluding hydrogens is 372 g/mol. The van der Waals surface area contributed by atoms with Gasteiger partial charge in [-0.2, -0.15) is 0 Å². The average molecular weight is 387 g/mol. The number of hydrogen-bond donors (Lipinski definition) is 1. The first-order valence-electron chi connectivity index (χ1n) is 7.67. The summed E-state index contributed by atoms with van der Waals surface area (Å²) in [5.41, 5.74) is 2.43. The monoisotopic (exact) mass is 386 g/mol. The van der Waals surface area contributed by atoms with Crippen LogP contribution < -0.4 is 5.32 Å². The van der Waals surface area contributed by atoms with Crippen LogP contribution in [0.15, 0.2) is 71.8 Å². The van der Waals surface area contributed by atoms with Crippen molar-refractivity contribution in [2.45, 2.75) is 4.90 Å². The van der Waals surface area contributed by atoms with Crippen LogP contribution in [0, 0.1) is 0 Å². The fourth-order valence-electron chi connectivity index (χ4n) is 2.40. The highest BCUT2D eigenvalue weighted by atomic mass is 35.5. The maximum atomic E-state index is 12.5. The second-order valence-corrected chi connectivity index (χ2v) is 8.09. The van der Waals surface area contributed by atoms with Gasteiger partial charge in [0.15, 0.2) is 9.84 Å². The molecule has 0 aliphatic heterocycles. The van der Waals surface area contributed by atoms with Crippen LogP contribution in [0.5, 0.6) is 0 Å². The Hall–Kier alpha value is -2.70. The van der Waals surface area contributed by atoms with Gasteiger partial charge in [-0.05, 0) is 42.5 Å². The maximum absolute atomic E-state index is 12.5. The molecule has 0 unspecified atom stereocenters. The molecule has 1 amide bonds. The number of nitrogens with one attached hydrogen (secondary N) is 1. The number of anilines is 1. The summed E-state index contributed by atoms with van der Waals surface area (Å²) >= 11 is 6.09. The van der Waals surface area contributed by atoms with Gasteiger partial charge in [0.05, 0.1) is 21.2 Å². The van der Waals surface area contributed by atoms with E-state index in [1.165, 1.54) is 18.2 Å². The van der Waals surface area contributed by atoms with Crippen molar-refractivity contribution < 1.29 is 13.2 Å². The third-order valence-corrected chi connectivity index (χ3v) is 5.12. The molecule has 0 aliphatic rings. The van der Waals surface area contributed by atoms with E-state index in [1.807, 2.05) is 30.3 Å². The number of rotatable bonds is 4. The van der Waals surface area contributed by atoms with Crippen molar-refractivity contribution in [1.29, 1.82) is 0 Å². The molecule has 0 radical (unpaired) electrons. The highest BCUT2D eigenvalue weighted by molar-refractivity contribution is 7.90. The first kappa shape index (κ1) is 18.1. The lowest BCUT2D eigenvalue weighted by Crippen LogP contribution is -2.13. The molecule has 1 heterocycles. The van der Waals surface area contributed by atoms with Crippen LogP contribution in [-0.4, -0.2) is 25.6 Å². The Morgan fingerprint density at radius 3 is 2.50 bits per heavy atom. The van der Waals surface area contributed by atoms with Crippen LogP contribution in [0.3, 0.4) is 0 Å². The van der Waals surface area contributed by atoms with E-state index in [0.717, 1.165) is 17.5 Å². The Bertz CT molecular complexity index is 1070. The lowest BCUT2D eigenvalue weighted by Gasteiger charge is -2.09. The van der Waals surface area contributed by atoms with Crippen LogP contribution in [0.4, 0.5) is 5.69 Å². The third-order valence-electron chi connectivity index (χ3n) is 3.69. The lowest BCUT2D eigenvalue weighted by molar-refractivity contribution is 0.102.